The van der Waals surface area contributed by atoms with Gasteiger partial charge in [0, 0.05) is 12.1 Å². The quantitative estimate of drug-likeness (QED) is 0.632. The van der Waals surface area contributed by atoms with Crippen LogP contribution in [0.3, 0.4) is 0 Å². The van der Waals surface area contributed by atoms with Crippen LogP contribution in [0.2, 0.25) is 0 Å². The molecule has 6 heteroatoms. The molecule has 0 spiro atoms. The van der Waals surface area contributed by atoms with Crippen molar-refractivity contribution in [3.63, 3.8) is 0 Å². The van der Waals surface area contributed by atoms with Gasteiger partial charge in [0.2, 0.25) is 0 Å². The van der Waals surface area contributed by atoms with Crippen molar-refractivity contribution in [2.24, 2.45) is 0 Å². The molecular weight excluding hydrogens is 246 g/mol. The Morgan fingerprint density at radius 3 is 2.32 bits per heavy atom. The van der Waals surface area contributed by atoms with E-state index in [1.54, 1.807) is 36.4 Å². The third kappa shape index (κ3) is 3.76. The van der Waals surface area contributed by atoms with Crippen LogP contribution in [-0.2, 0) is 11.3 Å². The second kappa shape index (κ2) is 6.67. The number of rotatable bonds is 4. The highest BCUT2D eigenvalue weighted by atomic mass is 16.5. The van der Waals surface area contributed by atoms with Crippen LogP contribution < -0.4 is 5.32 Å². The fraction of sp³-hybridized carbons (Fsp3) is 0.154. The average Bonchev–Trinajstić information content (AvgIpc) is 2.43. The average molecular weight is 257 g/mol. The van der Waals surface area contributed by atoms with E-state index in [2.05, 4.69) is 5.32 Å². The lowest BCUT2D eigenvalue weighted by Gasteiger charge is -2.07. The van der Waals surface area contributed by atoms with Gasteiger partial charge in [0.05, 0.1) is 7.11 Å². The fourth-order valence-corrected chi connectivity index (χ4v) is 1.44. The molecule has 1 aromatic rings. The van der Waals surface area contributed by atoms with E-state index in [0.717, 1.165) is 5.56 Å². The molecule has 0 fully saturated rings. The first kappa shape index (κ1) is 14.1. The van der Waals surface area contributed by atoms with Gasteiger partial charge in [-0.2, -0.15) is 10.5 Å². The lowest BCUT2D eigenvalue weighted by molar-refractivity contribution is 0.194. The minimum atomic E-state index is -1.10. The molecule has 0 aromatic heterocycles. The number of hydrogen-bond acceptors (Lipinski definition) is 4. The summed E-state index contributed by atoms with van der Waals surface area (Å²) in [6, 6.07) is 10.2. The molecule has 19 heavy (non-hydrogen) atoms. The Morgan fingerprint density at radius 1 is 1.32 bits per heavy atom. The second-order valence-electron chi connectivity index (χ2n) is 3.49. The summed E-state index contributed by atoms with van der Waals surface area (Å²) in [6.07, 6.45) is -1.10. The van der Waals surface area contributed by atoms with Gasteiger partial charge < -0.3 is 15.2 Å². The Balaban J connectivity index is 2.99. The standard InChI is InChI=1S/C13H11N3O3/c1-19-12(11(6-14)7-15)10-4-2-9(3-5-10)8-16-13(17)18/h2-5,16H,8H2,1H3,(H,17,18). The highest BCUT2D eigenvalue weighted by Crippen LogP contribution is 2.19. The molecular formula is C13H11N3O3. The van der Waals surface area contributed by atoms with Crippen LogP contribution in [0.1, 0.15) is 11.1 Å². The summed E-state index contributed by atoms with van der Waals surface area (Å²) in [5, 5.41) is 28.3. The Hall–Kier alpha value is -2.99. The molecule has 1 amide bonds. The number of nitriles is 2. The monoisotopic (exact) mass is 257 g/mol. The molecule has 0 atom stereocenters. The van der Waals surface area contributed by atoms with Gasteiger partial charge in [-0.05, 0) is 5.56 Å². The molecule has 1 aromatic carbocycles. The van der Waals surface area contributed by atoms with Gasteiger partial charge in [0.25, 0.3) is 0 Å². The summed E-state index contributed by atoms with van der Waals surface area (Å²) in [5.74, 6) is 0.197. The van der Waals surface area contributed by atoms with E-state index in [9.17, 15) is 4.79 Å². The van der Waals surface area contributed by atoms with Crippen molar-refractivity contribution in [2.75, 3.05) is 7.11 Å². The number of nitrogens with zero attached hydrogens (tertiary/aromatic N) is 2. The molecule has 1 rings (SSSR count). The molecule has 0 saturated carbocycles. The minimum Gasteiger partial charge on any atom is -0.494 e. The van der Waals surface area contributed by atoms with Gasteiger partial charge in [0.1, 0.15) is 12.1 Å². The molecule has 0 aliphatic heterocycles. The third-order valence-corrected chi connectivity index (χ3v) is 2.31. The molecule has 0 unspecified atom stereocenters. The van der Waals surface area contributed by atoms with Crippen LogP contribution in [0.15, 0.2) is 29.8 Å². The fourth-order valence-electron chi connectivity index (χ4n) is 1.44. The van der Waals surface area contributed by atoms with Crippen molar-refractivity contribution < 1.29 is 14.6 Å². The summed E-state index contributed by atoms with van der Waals surface area (Å²) in [4.78, 5) is 10.4. The van der Waals surface area contributed by atoms with E-state index in [0.29, 0.717) is 5.56 Å². The Morgan fingerprint density at radius 2 is 1.89 bits per heavy atom. The second-order valence-corrected chi connectivity index (χ2v) is 3.49. The van der Waals surface area contributed by atoms with E-state index in [1.165, 1.54) is 7.11 Å². The molecule has 0 heterocycles. The van der Waals surface area contributed by atoms with Crippen LogP contribution in [0, 0.1) is 22.7 Å². The first-order valence-corrected chi connectivity index (χ1v) is 5.27. The molecule has 96 valence electrons. The van der Waals surface area contributed by atoms with Crippen LogP contribution in [0.5, 0.6) is 0 Å². The summed E-state index contributed by atoms with van der Waals surface area (Å²) in [6.45, 7) is 0.186. The largest absolute Gasteiger partial charge is 0.494 e. The zero-order valence-electron chi connectivity index (χ0n) is 10.2. The van der Waals surface area contributed by atoms with E-state index < -0.39 is 6.09 Å². The number of methoxy groups -OCH3 is 1. The van der Waals surface area contributed by atoms with Crippen LogP contribution >= 0.6 is 0 Å². The number of hydrogen-bond donors (Lipinski definition) is 2. The van der Waals surface area contributed by atoms with Gasteiger partial charge in [-0.1, -0.05) is 24.3 Å². The van der Waals surface area contributed by atoms with Crippen molar-refractivity contribution in [2.45, 2.75) is 6.54 Å². The highest BCUT2D eigenvalue weighted by Gasteiger charge is 2.09. The molecule has 0 aliphatic carbocycles. The maximum atomic E-state index is 10.4. The van der Waals surface area contributed by atoms with Gasteiger partial charge in [0.15, 0.2) is 11.3 Å². The summed E-state index contributed by atoms with van der Waals surface area (Å²) in [5.41, 5.74) is 1.23. The van der Waals surface area contributed by atoms with Crippen molar-refractivity contribution in [1.82, 2.24) is 5.32 Å². The number of amides is 1. The van der Waals surface area contributed by atoms with E-state index in [4.69, 9.17) is 20.4 Å². The van der Waals surface area contributed by atoms with Crippen LogP contribution in [-0.4, -0.2) is 18.3 Å². The molecule has 0 saturated heterocycles. The van der Waals surface area contributed by atoms with E-state index in [1.807, 2.05) is 0 Å². The van der Waals surface area contributed by atoms with Crippen molar-refractivity contribution in [1.29, 1.82) is 10.5 Å². The third-order valence-electron chi connectivity index (χ3n) is 2.31. The van der Waals surface area contributed by atoms with Crippen molar-refractivity contribution in [3.05, 3.63) is 41.0 Å². The maximum Gasteiger partial charge on any atom is 0.404 e. The number of allylic oxidation sites excluding steroid dienone is 1. The van der Waals surface area contributed by atoms with Gasteiger partial charge in [-0.3, -0.25) is 0 Å². The topological polar surface area (TPSA) is 106 Å². The van der Waals surface area contributed by atoms with E-state index >= 15 is 0 Å². The Labute approximate surface area is 110 Å². The predicted molar refractivity (Wildman–Crippen MR) is 66.5 cm³/mol. The highest BCUT2D eigenvalue weighted by molar-refractivity contribution is 5.70. The Bertz CT molecular complexity index is 561. The van der Waals surface area contributed by atoms with Crippen LogP contribution in [0.4, 0.5) is 4.79 Å². The summed E-state index contributed by atoms with van der Waals surface area (Å²) >= 11 is 0. The lowest BCUT2D eigenvalue weighted by atomic mass is 10.1. The van der Waals surface area contributed by atoms with Gasteiger partial charge in [-0.25, -0.2) is 4.79 Å². The van der Waals surface area contributed by atoms with E-state index in [-0.39, 0.29) is 17.9 Å². The number of carbonyl (C=O) groups is 1. The van der Waals surface area contributed by atoms with Crippen molar-refractivity contribution in [3.8, 4) is 12.1 Å². The zero-order valence-corrected chi connectivity index (χ0v) is 10.2. The van der Waals surface area contributed by atoms with Crippen LogP contribution in [0.25, 0.3) is 5.76 Å². The molecule has 2 N–H and O–H groups in total. The molecule has 0 aliphatic rings. The lowest BCUT2D eigenvalue weighted by Crippen LogP contribution is -2.19. The number of carboxylic acid groups (broad SMARTS) is 1. The Kier molecular flexibility index (Phi) is 4.94. The van der Waals surface area contributed by atoms with Gasteiger partial charge in [-0.15, -0.1) is 0 Å². The smallest absolute Gasteiger partial charge is 0.404 e. The molecule has 6 nitrogen and oxygen atoms in total. The SMILES string of the molecule is COC(=C(C#N)C#N)c1ccc(CNC(=O)O)cc1. The number of ether oxygens (including phenoxy) is 1. The number of nitrogens with one attached hydrogen (secondary N) is 1. The summed E-state index contributed by atoms with van der Waals surface area (Å²) in [7, 11) is 1.38. The minimum absolute atomic E-state index is 0.112. The zero-order chi connectivity index (χ0) is 14.3. The first-order chi connectivity index (χ1) is 9.12. The molecule has 0 radical (unpaired) electrons. The molecule has 0 bridgehead atoms. The maximum absolute atomic E-state index is 10.4. The predicted octanol–water partition coefficient (Wildman–Crippen LogP) is 1.86. The number of benzene rings is 1. The van der Waals surface area contributed by atoms with Crippen molar-refractivity contribution >= 4 is 11.9 Å². The first-order valence-electron chi connectivity index (χ1n) is 5.27. The normalized spacial score (nSPS) is 8.79. The summed E-state index contributed by atoms with van der Waals surface area (Å²) < 4.78 is 5.04. The van der Waals surface area contributed by atoms with Gasteiger partial charge >= 0.3 is 6.09 Å².